The minimum Gasteiger partial charge on any atom is -0.348 e. The van der Waals surface area contributed by atoms with Crippen molar-refractivity contribution >= 4 is 17.2 Å². The van der Waals surface area contributed by atoms with Crippen LogP contribution in [-0.2, 0) is 17.8 Å². The number of nitrogens with one attached hydrogen (secondary N) is 1. The standard InChI is InChI=1S/C20H26N2OS/c1-14(2)16-4-6-17(7-5-16)15(3)21-20(23)13-22-10-8-19-18(12-22)9-11-24-19/h4-7,9,11,14-15H,8,10,12-13H2,1-3H3,(H,21,23)/t15-/m1/s1. The second-order valence-corrected chi connectivity index (χ2v) is 7.94. The van der Waals surface area contributed by atoms with E-state index in [1.165, 1.54) is 16.0 Å². The number of nitrogens with zero attached hydrogens (tertiary/aromatic N) is 1. The van der Waals surface area contributed by atoms with Gasteiger partial charge in [-0.1, -0.05) is 38.1 Å². The van der Waals surface area contributed by atoms with Gasteiger partial charge in [-0.25, -0.2) is 0 Å². The number of carbonyl (C=O) groups excluding carboxylic acids is 1. The summed E-state index contributed by atoms with van der Waals surface area (Å²) in [4.78, 5) is 16.1. The van der Waals surface area contributed by atoms with E-state index in [9.17, 15) is 4.79 Å². The van der Waals surface area contributed by atoms with E-state index in [2.05, 4.69) is 66.7 Å². The van der Waals surface area contributed by atoms with Crippen molar-refractivity contribution in [2.75, 3.05) is 13.1 Å². The molecular weight excluding hydrogens is 316 g/mol. The summed E-state index contributed by atoms with van der Waals surface area (Å²) >= 11 is 1.83. The van der Waals surface area contributed by atoms with Crippen LogP contribution in [0.1, 0.15) is 54.3 Å². The van der Waals surface area contributed by atoms with Crippen molar-refractivity contribution in [1.82, 2.24) is 10.2 Å². The molecule has 1 aliphatic rings. The van der Waals surface area contributed by atoms with E-state index >= 15 is 0 Å². The molecule has 3 rings (SSSR count). The molecule has 3 nitrogen and oxygen atoms in total. The molecule has 2 aromatic rings. The van der Waals surface area contributed by atoms with E-state index in [4.69, 9.17) is 0 Å². The lowest BCUT2D eigenvalue weighted by Gasteiger charge is -2.26. The zero-order chi connectivity index (χ0) is 17.1. The summed E-state index contributed by atoms with van der Waals surface area (Å²) in [5.41, 5.74) is 3.88. The van der Waals surface area contributed by atoms with Gasteiger partial charge in [-0.15, -0.1) is 11.3 Å². The van der Waals surface area contributed by atoms with Gasteiger partial charge < -0.3 is 5.32 Å². The molecular formula is C20H26N2OS. The average molecular weight is 343 g/mol. The van der Waals surface area contributed by atoms with Gasteiger partial charge in [0.05, 0.1) is 12.6 Å². The van der Waals surface area contributed by atoms with Crippen LogP contribution in [0.15, 0.2) is 35.7 Å². The summed E-state index contributed by atoms with van der Waals surface area (Å²) < 4.78 is 0. The van der Waals surface area contributed by atoms with E-state index in [-0.39, 0.29) is 11.9 Å². The highest BCUT2D eigenvalue weighted by atomic mass is 32.1. The van der Waals surface area contributed by atoms with E-state index in [1.54, 1.807) is 0 Å². The molecule has 0 aliphatic carbocycles. The fourth-order valence-electron chi connectivity index (χ4n) is 3.18. The Morgan fingerprint density at radius 2 is 1.88 bits per heavy atom. The highest BCUT2D eigenvalue weighted by Gasteiger charge is 2.20. The number of rotatable bonds is 5. The normalized spacial score (nSPS) is 16.0. The van der Waals surface area contributed by atoms with E-state index in [0.717, 1.165) is 25.1 Å². The van der Waals surface area contributed by atoms with Gasteiger partial charge in [0.25, 0.3) is 0 Å². The Bertz CT molecular complexity index is 690. The van der Waals surface area contributed by atoms with Crippen LogP contribution in [0.5, 0.6) is 0 Å². The predicted octanol–water partition coefficient (Wildman–Crippen LogP) is 4.11. The number of carbonyl (C=O) groups is 1. The zero-order valence-electron chi connectivity index (χ0n) is 14.7. The molecule has 2 heterocycles. The van der Waals surface area contributed by atoms with Crippen molar-refractivity contribution in [3.05, 3.63) is 57.3 Å². The second-order valence-electron chi connectivity index (χ2n) is 6.94. The monoisotopic (exact) mass is 342 g/mol. The summed E-state index contributed by atoms with van der Waals surface area (Å²) in [5.74, 6) is 0.638. The molecule has 4 heteroatoms. The second kappa shape index (κ2) is 7.49. The number of hydrogen-bond acceptors (Lipinski definition) is 3. The van der Waals surface area contributed by atoms with Crippen molar-refractivity contribution in [2.45, 2.75) is 45.7 Å². The summed E-state index contributed by atoms with van der Waals surface area (Å²) in [6.45, 7) is 8.77. The molecule has 0 radical (unpaired) electrons. The first-order chi connectivity index (χ1) is 11.5. The lowest BCUT2D eigenvalue weighted by molar-refractivity contribution is -0.123. The van der Waals surface area contributed by atoms with Gasteiger partial charge in [-0.3, -0.25) is 9.69 Å². The third kappa shape index (κ3) is 4.05. The maximum atomic E-state index is 12.4. The number of thiophene rings is 1. The summed E-state index contributed by atoms with van der Waals surface area (Å²) in [5, 5.41) is 5.28. The van der Waals surface area contributed by atoms with Gasteiger partial charge in [0, 0.05) is 18.0 Å². The van der Waals surface area contributed by atoms with Crippen molar-refractivity contribution < 1.29 is 4.79 Å². The van der Waals surface area contributed by atoms with Crippen molar-refractivity contribution in [3.63, 3.8) is 0 Å². The van der Waals surface area contributed by atoms with Gasteiger partial charge in [0.1, 0.15) is 0 Å². The van der Waals surface area contributed by atoms with Gasteiger partial charge in [-0.05, 0) is 47.4 Å². The molecule has 1 aromatic heterocycles. The summed E-state index contributed by atoms with van der Waals surface area (Å²) in [7, 11) is 0. The van der Waals surface area contributed by atoms with Crippen LogP contribution in [-0.4, -0.2) is 23.9 Å². The Kier molecular flexibility index (Phi) is 5.36. The third-order valence-electron chi connectivity index (χ3n) is 4.73. The molecule has 1 aromatic carbocycles. The van der Waals surface area contributed by atoms with E-state index < -0.39 is 0 Å². The lowest BCUT2D eigenvalue weighted by Crippen LogP contribution is -2.40. The Morgan fingerprint density at radius 3 is 2.58 bits per heavy atom. The molecule has 0 spiro atoms. The molecule has 128 valence electrons. The Morgan fingerprint density at radius 1 is 1.17 bits per heavy atom. The third-order valence-corrected chi connectivity index (χ3v) is 5.76. The van der Waals surface area contributed by atoms with Crippen molar-refractivity contribution in [2.24, 2.45) is 0 Å². The summed E-state index contributed by atoms with van der Waals surface area (Å²) in [6, 6.07) is 10.8. The minimum atomic E-state index is 0.0419. The molecule has 1 amide bonds. The number of hydrogen-bond donors (Lipinski definition) is 1. The SMILES string of the molecule is CC(C)c1ccc([C@@H](C)NC(=O)CN2CCc3sccc3C2)cc1. The van der Waals surface area contributed by atoms with Crippen LogP contribution in [0.2, 0.25) is 0 Å². The van der Waals surface area contributed by atoms with Crippen molar-refractivity contribution in [3.8, 4) is 0 Å². The van der Waals surface area contributed by atoms with Gasteiger partial charge in [-0.2, -0.15) is 0 Å². The van der Waals surface area contributed by atoms with Crippen LogP contribution >= 0.6 is 11.3 Å². The Labute approximate surface area is 148 Å². The molecule has 1 atom stereocenters. The molecule has 0 unspecified atom stereocenters. The maximum Gasteiger partial charge on any atom is 0.234 e. The average Bonchev–Trinajstić information content (AvgIpc) is 3.02. The van der Waals surface area contributed by atoms with Crippen molar-refractivity contribution in [1.29, 1.82) is 0 Å². The molecule has 0 bridgehead atoms. The quantitative estimate of drug-likeness (QED) is 0.887. The minimum absolute atomic E-state index is 0.0419. The lowest BCUT2D eigenvalue weighted by atomic mass is 9.99. The van der Waals surface area contributed by atoms with Gasteiger partial charge >= 0.3 is 0 Å². The Hall–Kier alpha value is -1.65. The van der Waals surface area contributed by atoms with Crippen LogP contribution < -0.4 is 5.32 Å². The van der Waals surface area contributed by atoms with Crippen LogP contribution in [0.25, 0.3) is 0 Å². The fourth-order valence-corrected chi connectivity index (χ4v) is 4.07. The first-order valence-corrected chi connectivity index (χ1v) is 9.57. The molecule has 0 saturated carbocycles. The number of benzene rings is 1. The van der Waals surface area contributed by atoms with E-state index in [1.807, 2.05) is 11.3 Å². The largest absolute Gasteiger partial charge is 0.348 e. The first kappa shape index (κ1) is 17.2. The molecule has 0 fully saturated rings. The summed E-state index contributed by atoms with van der Waals surface area (Å²) in [6.07, 6.45) is 1.06. The first-order valence-electron chi connectivity index (χ1n) is 8.69. The number of fused-ring (bicyclic) bond motifs is 1. The fraction of sp³-hybridized carbons (Fsp3) is 0.450. The highest BCUT2D eigenvalue weighted by Crippen LogP contribution is 2.24. The smallest absolute Gasteiger partial charge is 0.234 e. The van der Waals surface area contributed by atoms with Gasteiger partial charge in [0.15, 0.2) is 0 Å². The topological polar surface area (TPSA) is 32.3 Å². The molecule has 24 heavy (non-hydrogen) atoms. The Balaban J connectivity index is 1.53. The maximum absolute atomic E-state index is 12.4. The van der Waals surface area contributed by atoms with Crippen LogP contribution in [0.4, 0.5) is 0 Å². The van der Waals surface area contributed by atoms with E-state index in [0.29, 0.717) is 12.5 Å². The number of amides is 1. The molecule has 1 aliphatic heterocycles. The predicted molar refractivity (Wildman–Crippen MR) is 100 cm³/mol. The van der Waals surface area contributed by atoms with Gasteiger partial charge in [0.2, 0.25) is 5.91 Å². The van der Waals surface area contributed by atoms with Crippen LogP contribution in [0, 0.1) is 0 Å². The molecule has 0 saturated heterocycles. The molecule has 1 N–H and O–H groups in total. The van der Waals surface area contributed by atoms with Crippen LogP contribution in [0.3, 0.4) is 0 Å². The zero-order valence-corrected chi connectivity index (χ0v) is 15.5. The highest BCUT2D eigenvalue weighted by molar-refractivity contribution is 7.10.